The van der Waals surface area contributed by atoms with Crippen LogP contribution in [-0.4, -0.2) is 8.07 Å². The molecule has 0 fully saturated rings. The molecule has 0 spiro atoms. The molecule has 0 unspecified atom stereocenters. The van der Waals surface area contributed by atoms with Gasteiger partial charge in [0.1, 0.15) is 0 Å². The van der Waals surface area contributed by atoms with E-state index in [0.717, 1.165) is 34.1 Å². The Balaban J connectivity index is 1.09. The van der Waals surface area contributed by atoms with E-state index in [1.54, 1.807) is 0 Å². The van der Waals surface area contributed by atoms with Crippen molar-refractivity contribution in [1.82, 2.24) is 0 Å². The molecule has 0 bridgehead atoms. The highest BCUT2D eigenvalue weighted by Gasteiger charge is 2.42. The zero-order valence-corrected chi connectivity index (χ0v) is 37.1. The highest BCUT2D eigenvalue weighted by molar-refractivity contribution is 7.20. The van der Waals surface area contributed by atoms with Crippen molar-refractivity contribution in [1.29, 1.82) is 0 Å². The lowest BCUT2D eigenvalue weighted by atomic mass is 9.82. The van der Waals surface area contributed by atoms with E-state index in [0.29, 0.717) is 0 Å². The molecule has 306 valence electrons. The lowest BCUT2D eigenvalue weighted by molar-refractivity contribution is 0.660. The summed E-state index contributed by atoms with van der Waals surface area (Å²) in [6.45, 7) is 4.69. The molecule has 11 rings (SSSR count). The third-order valence-corrected chi connectivity index (χ3v) is 18.1. The normalized spacial score (nSPS) is 12.7. The number of hydrogen-bond acceptors (Lipinski definition) is 2. The second-order valence-electron chi connectivity index (χ2n) is 17.4. The van der Waals surface area contributed by atoms with Crippen molar-refractivity contribution in [3.8, 4) is 11.1 Å². The SMILES string of the molecule is CC1(C)c2ccccc2-c2cc(N(c3ccccc3)c3ccc([Si](c4ccccc4)(c4ccccc4)c4cccc(N(c5ccccc5)c5ccc6ccccc6c5)c4)cc3)ccc21. The van der Waals surface area contributed by atoms with Crippen LogP contribution in [0.15, 0.2) is 255 Å². The molecule has 1 aliphatic carbocycles. The Morgan fingerprint density at radius 1 is 0.281 bits per heavy atom. The first-order valence-corrected chi connectivity index (χ1v) is 24.3. The van der Waals surface area contributed by atoms with Crippen LogP contribution in [0.5, 0.6) is 0 Å². The fraction of sp³-hybridized carbons (Fsp3) is 0.0492. The summed E-state index contributed by atoms with van der Waals surface area (Å²) in [6, 6.07) is 94.2. The first-order valence-electron chi connectivity index (χ1n) is 22.3. The Bertz CT molecular complexity index is 3200. The fourth-order valence-electron chi connectivity index (χ4n) is 10.3. The minimum absolute atomic E-state index is 0.0581. The van der Waals surface area contributed by atoms with Crippen molar-refractivity contribution in [3.05, 3.63) is 266 Å². The molecule has 2 nitrogen and oxygen atoms in total. The molecule has 0 saturated carbocycles. The van der Waals surface area contributed by atoms with Crippen molar-refractivity contribution in [2.24, 2.45) is 0 Å². The van der Waals surface area contributed by atoms with E-state index >= 15 is 0 Å². The van der Waals surface area contributed by atoms with Crippen LogP contribution < -0.4 is 30.5 Å². The summed E-state index contributed by atoms with van der Waals surface area (Å²) in [5, 5.41) is 7.75. The topological polar surface area (TPSA) is 6.48 Å². The number of rotatable bonds is 10. The number of nitrogens with zero attached hydrogens (tertiary/aromatic N) is 2. The molecule has 10 aromatic carbocycles. The van der Waals surface area contributed by atoms with E-state index in [-0.39, 0.29) is 5.41 Å². The highest BCUT2D eigenvalue weighted by Crippen LogP contribution is 2.50. The minimum Gasteiger partial charge on any atom is -0.310 e. The maximum absolute atomic E-state index is 2.95. The molecule has 0 amide bonds. The zero-order valence-electron chi connectivity index (χ0n) is 36.1. The van der Waals surface area contributed by atoms with E-state index in [4.69, 9.17) is 0 Å². The van der Waals surface area contributed by atoms with Gasteiger partial charge < -0.3 is 9.80 Å². The van der Waals surface area contributed by atoms with Gasteiger partial charge in [-0.05, 0) is 127 Å². The van der Waals surface area contributed by atoms with Gasteiger partial charge in [-0.15, -0.1) is 0 Å². The summed E-state index contributed by atoms with van der Waals surface area (Å²) in [5.74, 6) is 0. The highest BCUT2D eigenvalue weighted by atomic mass is 28.3. The molecule has 0 saturated heterocycles. The molecule has 1 aliphatic rings. The van der Waals surface area contributed by atoms with Gasteiger partial charge in [-0.2, -0.15) is 0 Å². The van der Waals surface area contributed by atoms with Crippen molar-refractivity contribution in [2.75, 3.05) is 9.80 Å². The van der Waals surface area contributed by atoms with Crippen LogP contribution in [0.3, 0.4) is 0 Å². The Morgan fingerprint density at radius 3 is 1.36 bits per heavy atom. The van der Waals surface area contributed by atoms with Crippen molar-refractivity contribution < 1.29 is 0 Å². The first kappa shape index (κ1) is 39.1. The second-order valence-corrected chi connectivity index (χ2v) is 21.2. The smallest absolute Gasteiger partial charge is 0.179 e. The first-order chi connectivity index (χ1) is 31.5. The molecular formula is C61H48N2Si. The van der Waals surface area contributed by atoms with Gasteiger partial charge in [-0.1, -0.05) is 196 Å². The molecule has 0 atom stereocenters. The largest absolute Gasteiger partial charge is 0.310 e. The molecule has 3 heteroatoms. The number of anilines is 6. The van der Waals surface area contributed by atoms with Gasteiger partial charge >= 0.3 is 0 Å². The van der Waals surface area contributed by atoms with Crippen LogP contribution in [0.4, 0.5) is 34.1 Å². The van der Waals surface area contributed by atoms with Crippen LogP contribution in [0.25, 0.3) is 21.9 Å². The van der Waals surface area contributed by atoms with Gasteiger partial charge in [0.2, 0.25) is 0 Å². The fourth-order valence-corrected chi connectivity index (χ4v) is 15.1. The van der Waals surface area contributed by atoms with Crippen molar-refractivity contribution in [3.63, 3.8) is 0 Å². The van der Waals surface area contributed by atoms with E-state index in [2.05, 4.69) is 278 Å². The molecule has 0 aromatic heterocycles. The molecule has 64 heavy (non-hydrogen) atoms. The third-order valence-electron chi connectivity index (χ3n) is 13.4. The number of para-hydroxylation sites is 2. The lowest BCUT2D eigenvalue weighted by Gasteiger charge is -2.36. The zero-order chi connectivity index (χ0) is 43.1. The Labute approximate surface area is 378 Å². The Hall–Kier alpha value is -7.72. The van der Waals surface area contributed by atoms with E-state index in [1.807, 2.05) is 0 Å². The monoisotopic (exact) mass is 836 g/mol. The summed E-state index contributed by atoms with van der Waals surface area (Å²) >= 11 is 0. The predicted molar refractivity (Wildman–Crippen MR) is 274 cm³/mol. The van der Waals surface area contributed by atoms with Gasteiger partial charge in [0.05, 0.1) is 0 Å². The Morgan fingerprint density at radius 2 is 0.703 bits per heavy atom. The van der Waals surface area contributed by atoms with Gasteiger partial charge in [-0.3, -0.25) is 0 Å². The standard InChI is InChI=1S/C61H48N2Si/c1-61(2)59-33-18-17-32-57(59)58-44-52(38-41-60(58)61)62(47-22-7-3-8-23-47)49-36-39-55(40-37-49)64(53-27-11-5-12-28-53,54-29-13-6-14-30-54)56-31-19-26-50(43-56)63(48-24-9-4-10-25-48)51-35-34-45-20-15-16-21-46(45)42-51/h3-44H,1-2H3. The van der Waals surface area contributed by atoms with E-state index < -0.39 is 8.07 Å². The van der Waals surface area contributed by atoms with Crippen LogP contribution in [0.1, 0.15) is 25.0 Å². The summed E-state index contributed by atoms with van der Waals surface area (Å²) in [5.41, 5.74) is 12.1. The average molecular weight is 837 g/mol. The minimum atomic E-state index is -2.95. The second kappa shape index (κ2) is 16.2. The van der Waals surface area contributed by atoms with Gasteiger partial charge in [0.25, 0.3) is 0 Å². The number of hydrogen-bond donors (Lipinski definition) is 0. The van der Waals surface area contributed by atoms with Crippen LogP contribution in [0.2, 0.25) is 0 Å². The summed E-state index contributed by atoms with van der Waals surface area (Å²) in [6.07, 6.45) is 0. The van der Waals surface area contributed by atoms with Crippen LogP contribution >= 0.6 is 0 Å². The Kier molecular flexibility index (Phi) is 9.91. The maximum Gasteiger partial charge on any atom is 0.179 e. The number of fused-ring (bicyclic) bond motifs is 4. The number of benzene rings is 10. The lowest BCUT2D eigenvalue weighted by Crippen LogP contribution is -2.74. The van der Waals surface area contributed by atoms with Crippen molar-refractivity contribution >= 4 is 73.7 Å². The molecular weight excluding hydrogens is 789 g/mol. The van der Waals surface area contributed by atoms with E-state index in [1.165, 1.54) is 53.8 Å². The summed E-state index contributed by atoms with van der Waals surface area (Å²) in [7, 11) is -2.95. The molecule has 0 heterocycles. The summed E-state index contributed by atoms with van der Waals surface area (Å²) in [4.78, 5) is 4.82. The quantitative estimate of drug-likeness (QED) is 0.100. The summed E-state index contributed by atoms with van der Waals surface area (Å²) < 4.78 is 0. The molecule has 0 N–H and O–H groups in total. The van der Waals surface area contributed by atoms with Gasteiger partial charge in [0, 0.05) is 39.5 Å². The van der Waals surface area contributed by atoms with E-state index in [9.17, 15) is 0 Å². The van der Waals surface area contributed by atoms with Crippen LogP contribution in [-0.2, 0) is 5.41 Å². The molecule has 0 radical (unpaired) electrons. The predicted octanol–water partition coefficient (Wildman–Crippen LogP) is 13.5. The van der Waals surface area contributed by atoms with Crippen molar-refractivity contribution in [2.45, 2.75) is 19.3 Å². The van der Waals surface area contributed by atoms with Crippen LogP contribution in [0, 0.1) is 0 Å². The maximum atomic E-state index is 2.46. The van der Waals surface area contributed by atoms with Gasteiger partial charge in [-0.25, -0.2) is 0 Å². The molecule has 10 aromatic rings. The average Bonchev–Trinajstić information content (AvgIpc) is 3.59. The molecule has 0 aliphatic heterocycles. The van der Waals surface area contributed by atoms with Gasteiger partial charge in [0.15, 0.2) is 8.07 Å². The third kappa shape index (κ3) is 6.64.